The van der Waals surface area contributed by atoms with Gasteiger partial charge in [0.2, 0.25) is 11.8 Å². The summed E-state index contributed by atoms with van der Waals surface area (Å²) in [5.41, 5.74) is 5.26. The van der Waals surface area contributed by atoms with Gasteiger partial charge >= 0.3 is 0 Å². The Morgan fingerprint density at radius 3 is 2.85 bits per heavy atom. The van der Waals surface area contributed by atoms with Crippen LogP contribution >= 0.6 is 0 Å². The number of halogens is 1. The second-order valence-corrected chi connectivity index (χ2v) is 10.5. The van der Waals surface area contributed by atoms with Crippen LogP contribution in [0.1, 0.15) is 42.5 Å². The number of pyridine rings is 2. The van der Waals surface area contributed by atoms with Crippen LogP contribution in [0, 0.1) is 12.7 Å². The van der Waals surface area contributed by atoms with Gasteiger partial charge in [-0.05, 0) is 56.4 Å². The number of aromatic nitrogens is 3. The first-order valence-electron chi connectivity index (χ1n) is 13.1. The summed E-state index contributed by atoms with van der Waals surface area (Å²) in [6, 6.07) is 11.9. The van der Waals surface area contributed by atoms with Crippen molar-refractivity contribution >= 4 is 11.7 Å². The predicted octanol–water partition coefficient (Wildman–Crippen LogP) is 5.39. The van der Waals surface area contributed by atoms with Gasteiger partial charge in [0.05, 0.1) is 31.0 Å². The van der Waals surface area contributed by atoms with E-state index >= 15 is 0 Å². The summed E-state index contributed by atoms with van der Waals surface area (Å²) in [4.78, 5) is 28.1. The van der Waals surface area contributed by atoms with Gasteiger partial charge in [-0.25, -0.2) is 19.3 Å². The zero-order valence-electron chi connectivity index (χ0n) is 22.2. The summed E-state index contributed by atoms with van der Waals surface area (Å²) in [6.07, 6.45) is 6.81. The molecule has 2 aliphatic heterocycles. The van der Waals surface area contributed by atoms with Crippen LogP contribution in [-0.4, -0.2) is 51.5 Å². The lowest BCUT2D eigenvalue weighted by Gasteiger charge is -2.36. The Hall–Kier alpha value is -4.27. The SMILES string of the molecule is COc1cc([C@@H](C)C(=O)N2CC[C@@]3(CCc4cc(-c5cccc(-c6cnco6)c5)c(C)nc4N3)C2)c(F)cn1. The molecule has 5 heterocycles. The van der Waals surface area contributed by atoms with E-state index in [1.54, 1.807) is 13.1 Å². The lowest BCUT2D eigenvalue weighted by atomic mass is 9.85. The number of hydrogen-bond acceptors (Lipinski definition) is 7. The smallest absolute Gasteiger partial charge is 0.230 e. The van der Waals surface area contributed by atoms with Crippen molar-refractivity contribution in [3.8, 4) is 28.3 Å². The number of nitrogens with zero attached hydrogens (tertiary/aromatic N) is 4. The number of carbonyl (C=O) groups excluding carboxylic acids is 1. The fraction of sp³-hybridized carbons (Fsp3) is 0.333. The van der Waals surface area contributed by atoms with Gasteiger partial charge in [0.25, 0.3) is 0 Å². The Kier molecular flexibility index (Phi) is 6.29. The Bertz CT molecular complexity index is 1540. The molecule has 1 fully saturated rings. The quantitative estimate of drug-likeness (QED) is 0.372. The number of aryl methyl sites for hydroxylation is 2. The molecule has 2 aliphatic rings. The number of oxazole rings is 1. The van der Waals surface area contributed by atoms with Crippen LogP contribution in [0.3, 0.4) is 0 Å². The fourth-order valence-electron chi connectivity index (χ4n) is 5.77. The third kappa shape index (κ3) is 4.62. The summed E-state index contributed by atoms with van der Waals surface area (Å²) in [5, 5.41) is 3.69. The highest BCUT2D eigenvalue weighted by atomic mass is 19.1. The average molecular weight is 528 g/mol. The number of nitrogens with one attached hydrogen (secondary N) is 1. The molecule has 0 unspecified atom stereocenters. The molecule has 1 spiro atoms. The highest BCUT2D eigenvalue weighted by molar-refractivity contribution is 5.84. The van der Waals surface area contributed by atoms with Gasteiger partial charge in [0, 0.05) is 41.5 Å². The van der Waals surface area contributed by atoms with Crippen LogP contribution in [0.2, 0.25) is 0 Å². The van der Waals surface area contributed by atoms with Crippen molar-refractivity contribution in [3.05, 3.63) is 77.8 Å². The Labute approximate surface area is 226 Å². The van der Waals surface area contributed by atoms with Gasteiger partial charge in [0.1, 0.15) is 11.6 Å². The lowest BCUT2D eigenvalue weighted by Crippen LogP contribution is -2.46. The highest BCUT2D eigenvalue weighted by Crippen LogP contribution is 2.39. The molecule has 0 bridgehead atoms. The van der Waals surface area contributed by atoms with Gasteiger partial charge in [-0.2, -0.15) is 0 Å². The number of likely N-dealkylation sites (tertiary alicyclic amines) is 1. The first-order chi connectivity index (χ1) is 18.9. The highest BCUT2D eigenvalue weighted by Gasteiger charge is 2.43. The maximum atomic E-state index is 14.5. The zero-order valence-corrected chi connectivity index (χ0v) is 22.2. The van der Waals surface area contributed by atoms with Crippen molar-refractivity contribution in [1.82, 2.24) is 19.9 Å². The normalized spacial score (nSPS) is 19.0. The molecule has 9 heteroatoms. The van der Waals surface area contributed by atoms with Crippen LogP contribution in [0.15, 0.2) is 59.6 Å². The van der Waals surface area contributed by atoms with Gasteiger partial charge in [-0.15, -0.1) is 0 Å². The Balaban J connectivity index is 1.20. The molecule has 8 nitrogen and oxygen atoms in total. The Morgan fingerprint density at radius 2 is 2.05 bits per heavy atom. The molecular formula is C30H30FN5O3. The summed E-state index contributed by atoms with van der Waals surface area (Å²) < 4.78 is 25.1. The van der Waals surface area contributed by atoms with Crippen molar-refractivity contribution in [2.24, 2.45) is 0 Å². The number of amides is 1. The number of carbonyl (C=O) groups is 1. The average Bonchev–Trinajstić information content (AvgIpc) is 3.63. The number of ether oxygens (including phenoxy) is 1. The maximum absolute atomic E-state index is 14.5. The molecule has 2 atom stereocenters. The second kappa shape index (κ2) is 9.80. The van der Waals surface area contributed by atoms with E-state index in [4.69, 9.17) is 14.1 Å². The molecule has 0 radical (unpaired) electrons. The van der Waals surface area contributed by atoms with Gasteiger partial charge < -0.3 is 19.4 Å². The van der Waals surface area contributed by atoms with E-state index in [9.17, 15) is 9.18 Å². The minimum Gasteiger partial charge on any atom is -0.481 e. The minimum atomic E-state index is -0.636. The molecule has 6 rings (SSSR count). The van der Waals surface area contributed by atoms with E-state index in [0.717, 1.165) is 65.0 Å². The second-order valence-electron chi connectivity index (χ2n) is 10.5. The van der Waals surface area contributed by atoms with Gasteiger partial charge in [-0.1, -0.05) is 18.2 Å². The molecule has 1 saturated heterocycles. The molecule has 1 amide bonds. The van der Waals surface area contributed by atoms with Crippen molar-refractivity contribution in [3.63, 3.8) is 0 Å². The number of rotatable bonds is 5. The van der Waals surface area contributed by atoms with E-state index in [2.05, 4.69) is 33.5 Å². The van der Waals surface area contributed by atoms with E-state index < -0.39 is 11.7 Å². The first kappa shape index (κ1) is 25.0. The van der Waals surface area contributed by atoms with Crippen LogP contribution in [-0.2, 0) is 11.2 Å². The van der Waals surface area contributed by atoms with Crippen LogP contribution in [0.25, 0.3) is 22.5 Å². The molecular weight excluding hydrogens is 497 g/mol. The van der Waals surface area contributed by atoms with E-state index in [1.807, 2.05) is 24.0 Å². The van der Waals surface area contributed by atoms with Crippen molar-refractivity contribution in [1.29, 1.82) is 0 Å². The third-order valence-corrected chi connectivity index (χ3v) is 8.01. The first-order valence-corrected chi connectivity index (χ1v) is 13.1. The molecule has 0 saturated carbocycles. The largest absolute Gasteiger partial charge is 0.481 e. The molecule has 0 aliphatic carbocycles. The molecule has 1 aromatic carbocycles. The fourth-order valence-corrected chi connectivity index (χ4v) is 5.77. The zero-order chi connectivity index (χ0) is 27.1. The molecule has 4 aromatic rings. The molecule has 39 heavy (non-hydrogen) atoms. The van der Waals surface area contributed by atoms with Crippen LogP contribution in [0.4, 0.5) is 10.2 Å². The van der Waals surface area contributed by atoms with Crippen LogP contribution < -0.4 is 10.1 Å². The standard InChI is InChI=1S/C30H30FN5O3/c1-18(23-13-27(38-3)33-14-25(23)31)29(37)36-10-9-30(16-36)8-7-22-12-24(19(2)34-28(22)35-30)20-5-4-6-21(11-20)26-15-32-17-39-26/h4-6,11-15,17-18H,7-10,16H2,1-3H3,(H,34,35)/t18-,30+/m1/s1. The third-order valence-electron chi connectivity index (χ3n) is 8.01. The topological polar surface area (TPSA) is 93.4 Å². The summed E-state index contributed by atoms with van der Waals surface area (Å²) in [7, 11) is 1.47. The van der Waals surface area contributed by atoms with E-state index in [1.165, 1.54) is 19.6 Å². The monoisotopic (exact) mass is 527 g/mol. The maximum Gasteiger partial charge on any atom is 0.230 e. The van der Waals surface area contributed by atoms with Crippen molar-refractivity contribution < 1.29 is 18.3 Å². The number of anilines is 1. The number of methoxy groups -OCH3 is 1. The van der Waals surface area contributed by atoms with E-state index in [-0.39, 0.29) is 11.4 Å². The van der Waals surface area contributed by atoms with Crippen molar-refractivity contribution in [2.75, 3.05) is 25.5 Å². The van der Waals surface area contributed by atoms with Gasteiger partial charge in [0.15, 0.2) is 12.2 Å². The van der Waals surface area contributed by atoms with E-state index in [0.29, 0.717) is 24.5 Å². The number of hydrogen-bond donors (Lipinski definition) is 1. The molecule has 1 N–H and O–H groups in total. The van der Waals surface area contributed by atoms with Gasteiger partial charge in [-0.3, -0.25) is 4.79 Å². The lowest BCUT2D eigenvalue weighted by molar-refractivity contribution is -0.131. The molecule has 200 valence electrons. The predicted molar refractivity (Wildman–Crippen MR) is 145 cm³/mol. The number of fused-ring (bicyclic) bond motifs is 1. The Morgan fingerprint density at radius 1 is 1.21 bits per heavy atom. The number of benzene rings is 1. The summed E-state index contributed by atoms with van der Waals surface area (Å²) in [5.74, 6) is 0.657. The van der Waals surface area contributed by atoms with Crippen LogP contribution in [0.5, 0.6) is 5.88 Å². The summed E-state index contributed by atoms with van der Waals surface area (Å²) >= 11 is 0. The summed E-state index contributed by atoms with van der Waals surface area (Å²) in [6.45, 7) is 4.92. The minimum absolute atomic E-state index is 0.0993. The molecule has 3 aromatic heterocycles. The van der Waals surface area contributed by atoms with Crippen molar-refractivity contribution in [2.45, 2.75) is 44.6 Å².